The molecule has 0 aliphatic rings. The average molecular weight is 470 g/mol. The van der Waals surface area contributed by atoms with Crippen LogP contribution in [0.3, 0.4) is 0 Å². The molecule has 0 saturated carbocycles. The first-order valence-electron chi connectivity index (χ1n) is 6.87. The van der Waals surface area contributed by atoms with Gasteiger partial charge in [-0.25, -0.2) is 4.39 Å². The molecule has 0 saturated heterocycles. The van der Waals surface area contributed by atoms with Crippen LogP contribution in [0.15, 0.2) is 52.3 Å². The van der Waals surface area contributed by atoms with Crippen molar-refractivity contribution in [2.45, 2.75) is 6.18 Å². The molecule has 0 heterocycles. The largest absolute Gasteiger partial charge is 0.416 e. The summed E-state index contributed by atoms with van der Waals surface area (Å²) in [5.41, 5.74) is 4.68. The Morgan fingerprint density at radius 3 is 2.07 bits per heavy atom. The Bertz CT molecular complexity index is 942. The van der Waals surface area contributed by atoms with Crippen molar-refractivity contribution in [3.8, 4) is 0 Å². The highest BCUT2D eigenvalue weighted by Gasteiger charge is 2.29. The molecule has 0 radical (unpaired) electrons. The Morgan fingerprint density at radius 1 is 1.11 bits per heavy atom. The Morgan fingerprint density at radius 2 is 1.67 bits per heavy atom. The van der Waals surface area contributed by atoms with E-state index in [9.17, 15) is 30.8 Å². The lowest BCUT2D eigenvalue weighted by Crippen LogP contribution is -2.11. The molecule has 3 N–H and O–H groups in total. The number of carbonyl (C=O) groups excluding carboxylic acids is 1. The molecule has 2 rings (SSSR count). The van der Waals surface area contributed by atoms with Gasteiger partial charge in [0.15, 0.2) is 0 Å². The maximum Gasteiger partial charge on any atom is 0.416 e. The smallest absolute Gasteiger partial charge is 0.366 e. The van der Waals surface area contributed by atoms with Crippen LogP contribution >= 0.6 is 15.9 Å². The first-order valence-corrected chi connectivity index (χ1v) is 9.17. The molecule has 0 aliphatic carbocycles. The maximum atomic E-state index is 12.4. The molecule has 2 aromatic rings. The molecule has 0 aliphatic heterocycles. The summed E-state index contributed by atoms with van der Waals surface area (Å²) in [6.45, 7) is 0. The van der Waals surface area contributed by atoms with Crippen molar-refractivity contribution >= 4 is 38.0 Å². The predicted octanol–water partition coefficient (Wildman–Crippen LogP) is 4.25. The third-order valence-corrected chi connectivity index (χ3v) is 4.00. The Labute approximate surface area is 160 Å². The molecule has 0 aromatic heterocycles. The van der Waals surface area contributed by atoms with Crippen LogP contribution in [0.2, 0.25) is 0 Å². The Hall–Kier alpha value is -2.24. The number of carbonyl (C=O) groups is 1. The molecule has 0 unspecified atom stereocenters. The van der Waals surface area contributed by atoms with E-state index in [1.165, 1.54) is 18.2 Å². The van der Waals surface area contributed by atoms with Gasteiger partial charge >= 0.3 is 6.18 Å². The van der Waals surface area contributed by atoms with Crippen LogP contribution in [0.25, 0.3) is 6.08 Å². The summed E-state index contributed by atoms with van der Waals surface area (Å²) in [6.07, 6.45) is -3.43. The van der Waals surface area contributed by atoms with Gasteiger partial charge in [-0.15, -0.1) is 0 Å². The average Bonchev–Trinajstić information content (AvgIpc) is 2.52. The molecular weight excluding hydrogens is 458 g/mol. The summed E-state index contributed by atoms with van der Waals surface area (Å²) < 4.78 is 78.2. The fourth-order valence-electron chi connectivity index (χ4n) is 1.64. The quantitative estimate of drug-likeness (QED) is 0.518. The zero-order valence-corrected chi connectivity index (χ0v) is 15.6. The van der Waals surface area contributed by atoms with E-state index in [2.05, 4.69) is 15.9 Å². The van der Waals surface area contributed by atoms with Crippen LogP contribution in [0.4, 0.5) is 17.6 Å². The van der Waals surface area contributed by atoms with Crippen LogP contribution in [0, 0.1) is 5.82 Å². The van der Waals surface area contributed by atoms with Crippen LogP contribution < -0.4 is 5.73 Å². The molecule has 5 nitrogen and oxygen atoms in total. The van der Waals surface area contributed by atoms with E-state index in [4.69, 9.17) is 10.3 Å². The van der Waals surface area contributed by atoms with Crippen molar-refractivity contribution in [2.24, 2.45) is 5.73 Å². The van der Waals surface area contributed by atoms with Gasteiger partial charge in [-0.1, -0.05) is 12.1 Å². The fourth-order valence-corrected chi connectivity index (χ4v) is 2.51. The second-order valence-electron chi connectivity index (χ2n) is 4.93. The van der Waals surface area contributed by atoms with Crippen molar-refractivity contribution in [3.05, 3.63) is 74.9 Å². The highest BCUT2D eigenvalue weighted by Crippen LogP contribution is 2.29. The topological polar surface area (TPSA) is 97.5 Å². The zero-order chi connectivity index (χ0) is 20.8. The third-order valence-electron chi connectivity index (χ3n) is 2.87. The molecule has 0 spiro atoms. The van der Waals surface area contributed by atoms with Gasteiger partial charge in [-0.2, -0.15) is 21.6 Å². The second-order valence-corrected chi connectivity index (χ2v) is 7.08. The van der Waals surface area contributed by atoms with Crippen molar-refractivity contribution in [3.63, 3.8) is 0 Å². The predicted molar refractivity (Wildman–Crippen MR) is 94.6 cm³/mol. The lowest BCUT2D eigenvalue weighted by atomic mass is 10.1. The summed E-state index contributed by atoms with van der Waals surface area (Å²) in [4.78, 5) is 10.6. The maximum absolute atomic E-state index is 12.4. The standard InChI is InChI=1S/C9H7F3O3S.C7H5BrFNO/c10-9(11,12)8-3-1-7(2-4-8)5-6-16(13,14)15;8-6-3-4(9)1-2-5(6)7(10)11/h1-6H,(H,13,14,15);1-3H,(H2,10,11). The lowest BCUT2D eigenvalue weighted by molar-refractivity contribution is -0.137. The molecule has 27 heavy (non-hydrogen) atoms. The van der Waals surface area contributed by atoms with Gasteiger partial charge in [-0.05, 0) is 57.9 Å². The van der Waals surface area contributed by atoms with Crippen molar-refractivity contribution in [2.75, 3.05) is 0 Å². The van der Waals surface area contributed by atoms with Crippen molar-refractivity contribution in [1.82, 2.24) is 0 Å². The summed E-state index contributed by atoms with van der Waals surface area (Å²) in [6, 6.07) is 7.56. The number of halogens is 5. The van der Waals surface area contributed by atoms with Crippen LogP contribution in [-0.2, 0) is 16.3 Å². The van der Waals surface area contributed by atoms with Crippen LogP contribution in [0.1, 0.15) is 21.5 Å². The number of nitrogens with two attached hydrogens (primary N) is 1. The third kappa shape index (κ3) is 8.33. The first-order chi connectivity index (χ1) is 12.3. The Kier molecular flexibility index (Phi) is 7.69. The van der Waals surface area contributed by atoms with E-state index >= 15 is 0 Å². The molecule has 2 aromatic carbocycles. The fraction of sp³-hybridized carbons (Fsp3) is 0.0625. The number of rotatable bonds is 3. The van der Waals surface area contributed by atoms with Gasteiger partial charge in [0.2, 0.25) is 5.91 Å². The number of amides is 1. The van der Waals surface area contributed by atoms with Crippen LogP contribution in [-0.4, -0.2) is 18.9 Å². The number of hydrogen-bond acceptors (Lipinski definition) is 3. The van der Waals surface area contributed by atoms with Crippen molar-refractivity contribution in [1.29, 1.82) is 0 Å². The number of primary amides is 1. The lowest BCUT2D eigenvalue weighted by Gasteiger charge is -2.05. The Balaban J connectivity index is 0.000000289. The minimum Gasteiger partial charge on any atom is -0.366 e. The van der Waals surface area contributed by atoms with E-state index in [1.54, 1.807) is 0 Å². The number of alkyl halides is 3. The first kappa shape index (κ1) is 22.8. The monoisotopic (exact) mass is 469 g/mol. The molecule has 0 bridgehead atoms. The minimum absolute atomic E-state index is 0.241. The minimum atomic E-state index is -4.43. The van der Waals surface area contributed by atoms with E-state index in [1.807, 2.05) is 0 Å². The highest BCUT2D eigenvalue weighted by molar-refractivity contribution is 9.10. The second kappa shape index (κ2) is 9.11. The summed E-state index contributed by atoms with van der Waals surface area (Å²) in [5.74, 6) is -0.973. The van der Waals surface area contributed by atoms with E-state index in [0.29, 0.717) is 9.88 Å². The molecule has 146 valence electrons. The molecule has 1 amide bonds. The van der Waals surface area contributed by atoms with E-state index in [0.717, 1.165) is 30.3 Å². The van der Waals surface area contributed by atoms with E-state index in [-0.39, 0.29) is 11.1 Å². The van der Waals surface area contributed by atoms with Gasteiger partial charge in [-0.3, -0.25) is 9.35 Å². The summed E-state index contributed by atoms with van der Waals surface area (Å²) in [7, 11) is -4.26. The molecule has 11 heteroatoms. The number of benzene rings is 2. The van der Waals surface area contributed by atoms with Gasteiger partial charge in [0.05, 0.1) is 16.5 Å². The summed E-state index contributed by atoms with van der Waals surface area (Å²) in [5, 5.41) is 0.496. The SMILES string of the molecule is NC(=O)c1ccc(F)cc1Br.O=S(=O)(O)C=Cc1ccc(C(F)(F)F)cc1. The van der Waals surface area contributed by atoms with Crippen LogP contribution in [0.5, 0.6) is 0 Å². The van der Waals surface area contributed by atoms with Gasteiger partial charge in [0, 0.05) is 4.47 Å². The van der Waals surface area contributed by atoms with E-state index < -0.39 is 33.6 Å². The zero-order valence-electron chi connectivity index (χ0n) is 13.2. The summed E-state index contributed by atoms with van der Waals surface area (Å²) >= 11 is 3.01. The highest BCUT2D eigenvalue weighted by atomic mass is 79.9. The van der Waals surface area contributed by atoms with Gasteiger partial charge in [0.1, 0.15) is 5.82 Å². The molecule has 0 fully saturated rings. The van der Waals surface area contributed by atoms with Gasteiger partial charge < -0.3 is 5.73 Å². The normalized spacial score (nSPS) is 11.8. The number of hydrogen-bond donors (Lipinski definition) is 2. The molecule has 0 atom stereocenters. The molecular formula is C16H12BrF4NO4S. The van der Waals surface area contributed by atoms with Gasteiger partial charge in [0.25, 0.3) is 10.1 Å². The van der Waals surface area contributed by atoms with Crippen molar-refractivity contribution < 1.29 is 35.3 Å².